The van der Waals surface area contributed by atoms with E-state index >= 15 is 0 Å². The lowest BCUT2D eigenvalue weighted by atomic mass is 9.91. The van der Waals surface area contributed by atoms with Crippen LogP contribution in [0.2, 0.25) is 0 Å². The summed E-state index contributed by atoms with van der Waals surface area (Å²) in [6, 6.07) is 9.37. The fraction of sp³-hybridized carbons (Fsp3) is 0.632. The molecule has 6 heteroatoms. The summed E-state index contributed by atoms with van der Waals surface area (Å²) in [6.45, 7) is 2.21. The van der Waals surface area contributed by atoms with Crippen LogP contribution >= 0.6 is 7.37 Å². The highest BCUT2D eigenvalue weighted by Gasteiger charge is 2.28. The molecule has 1 aliphatic rings. The van der Waals surface area contributed by atoms with Crippen LogP contribution in [0.25, 0.3) is 0 Å². The first-order chi connectivity index (χ1) is 11.9. The lowest BCUT2D eigenvalue weighted by molar-refractivity contribution is 0.186. The molecule has 0 aliphatic heterocycles. The molecule has 3 N–H and O–H groups in total. The van der Waals surface area contributed by atoms with Crippen molar-refractivity contribution in [1.29, 1.82) is 5.26 Å². The third-order valence-electron chi connectivity index (χ3n) is 4.94. The Morgan fingerprint density at radius 3 is 2.76 bits per heavy atom. The Bertz CT molecular complexity index is 638. The lowest BCUT2D eigenvalue weighted by Crippen LogP contribution is -2.32. The number of aliphatic hydroxyl groups is 1. The summed E-state index contributed by atoms with van der Waals surface area (Å²) < 4.78 is 12.4. The van der Waals surface area contributed by atoms with Gasteiger partial charge in [0.05, 0.1) is 23.9 Å². The number of hydrogen-bond acceptors (Lipinski definition) is 4. The molecular weight excluding hydrogens is 335 g/mol. The van der Waals surface area contributed by atoms with Crippen molar-refractivity contribution in [3.05, 3.63) is 35.4 Å². The molecule has 25 heavy (non-hydrogen) atoms. The summed E-state index contributed by atoms with van der Waals surface area (Å²) in [7, 11) is -3.29. The maximum atomic E-state index is 12.4. The van der Waals surface area contributed by atoms with E-state index < -0.39 is 13.5 Å². The summed E-state index contributed by atoms with van der Waals surface area (Å²) in [5.41, 5.74) is 1.56. The van der Waals surface area contributed by atoms with Crippen molar-refractivity contribution in [2.24, 2.45) is 5.92 Å². The second-order valence-corrected chi connectivity index (χ2v) is 9.66. The minimum atomic E-state index is -3.29. The first-order valence-electron chi connectivity index (χ1n) is 9.12. The Labute approximate surface area is 150 Å². The molecule has 3 atom stereocenters. The number of hydrogen-bond donors (Lipinski definition) is 3. The second kappa shape index (κ2) is 9.50. The largest absolute Gasteiger partial charge is 0.391 e. The molecular formula is C19H29N2O3P. The van der Waals surface area contributed by atoms with Gasteiger partial charge < -0.3 is 15.3 Å². The Balaban J connectivity index is 1.79. The molecule has 1 fully saturated rings. The fourth-order valence-electron chi connectivity index (χ4n) is 3.55. The van der Waals surface area contributed by atoms with Crippen molar-refractivity contribution in [3.63, 3.8) is 0 Å². The van der Waals surface area contributed by atoms with Gasteiger partial charge in [0.15, 0.2) is 0 Å². The normalized spacial score (nSPS) is 20.4. The standard InChI is InChI=1S/C19H29N2O3P/c1-15(18-9-5-8-17(10-18)11-20)21-12-19(22)14-25(23,24)13-16-6-3-2-4-7-16/h5,8-10,15-16,19,21-22H,2-4,6-7,12-14H2,1H3,(H,23,24)/t15?,19-/m0/s1. The van der Waals surface area contributed by atoms with E-state index in [9.17, 15) is 14.6 Å². The van der Waals surface area contributed by atoms with E-state index in [4.69, 9.17) is 5.26 Å². The Morgan fingerprint density at radius 2 is 2.08 bits per heavy atom. The van der Waals surface area contributed by atoms with Crippen LogP contribution in [0.5, 0.6) is 0 Å². The van der Waals surface area contributed by atoms with Crippen LogP contribution in [0.1, 0.15) is 56.2 Å². The van der Waals surface area contributed by atoms with Crippen molar-refractivity contribution in [2.75, 3.05) is 18.9 Å². The highest BCUT2D eigenvalue weighted by atomic mass is 31.2. The first-order valence-corrected chi connectivity index (χ1v) is 11.1. The molecule has 2 rings (SSSR count). The molecule has 1 aromatic carbocycles. The average Bonchev–Trinajstić information content (AvgIpc) is 2.59. The zero-order valence-electron chi connectivity index (χ0n) is 14.9. The van der Waals surface area contributed by atoms with Crippen LogP contribution in [-0.2, 0) is 4.57 Å². The Kier molecular flexibility index (Phi) is 7.65. The molecule has 0 aromatic heterocycles. The second-order valence-electron chi connectivity index (χ2n) is 7.24. The smallest absolute Gasteiger partial charge is 0.203 e. The number of nitrogens with one attached hydrogen (secondary N) is 1. The van der Waals surface area contributed by atoms with Crippen molar-refractivity contribution >= 4 is 7.37 Å². The van der Waals surface area contributed by atoms with Crippen molar-refractivity contribution in [1.82, 2.24) is 5.32 Å². The van der Waals surface area contributed by atoms with E-state index in [0.717, 1.165) is 31.2 Å². The van der Waals surface area contributed by atoms with Gasteiger partial charge in [0, 0.05) is 18.7 Å². The van der Waals surface area contributed by atoms with E-state index in [2.05, 4.69) is 11.4 Å². The first kappa shape index (κ1) is 20.1. The van der Waals surface area contributed by atoms with Crippen LogP contribution in [0.3, 0.4) is 0 Å². The van der Waals surface area contributed by atoms with Gasteiger partial charge in [-0.3, -0.25) is 4.57 Å². The van der Waals surface area contributed by atoms with Crippen LogP contribution in [-0.4, -0.2) is 35.0 Å². The van der Waals surface area contributed by atoms with E-state index in [-0.39, 0.29) is 18.7 Å². The molecule has 2 unspecified atom stereocenters. The summed E-state index contributed by atoms with van der Waals surface area (Å²) >= 11 is 0. The fourth-order valence-corrected chi connectivity index (χ4v) is 5.66. The van der Waals surface area contributed by atoms with Gasteiger partial charge in [-0.15, -0.1) is 0 Å². The van der Waals surface area contributed by atoms with Crippen molar-refractivity contribution < 1.29 is 14.6 Å². The van der Waals surface area contributed by atoms with Crippen LogP contribution in [0, 0.1) is 17.2 Å². The number of nitriles is 1. The van der Waals surface area contributed by atoms with Gasteiger partial charge in [-0.25, -0.2) is 0 Å². The quantitative estimate of drug-likeness (QED) is 0.615. The van der Waals surface area contributed by atoms with E-state index in [0.29, 0.717) is 17.6 Å². The lowest BCUT2D eigenvalue weighted by Gasteiger charge is -2.25. The highest BCUT2D eigenvalue weighted by molar-refractivity contribution is 7.58. The molecule has 1 aromatic rings. The summed E-state index contributed by atoms with van der Waals surface area (Å²) in [6.07, 6.45) is 5.02. The number of aliphatic hydroxyl groups excluding tert-OH is 1. The third kappa shape index (κ3) is 6.92. The summed E-state index contributed by atoms with van der Waals surface area (Å²) in [4.78, 5) is 10.2. The molecule has 138 valence electrons. The minimum Gasteiger partial charge on any atom is -0.391 e. The average molecular weight is 364 g/mol. The van der Waals surface area contributed by atoms with Crippen molar-refractivity contribution in [2.45, 2.75) is 51.2 Å². The maximum absolute atomic E-state index is 12.4. The summed E-state index contributed by atoms with van der Waals surface area (Å²) in [5.74, 6) is 0.331. The monoisotopic (exact) mass is 364 g/mol. The highest BCUT2D eigenvalue weighted by Crippen LogP contribution is 2.45. The molecule has 1 aliphatic carbocycles. The van der Waals surface area contributed by atoms with Gasteiger partial charge in [-0.2, -0.15) is 5.26 Å². The molecule has 1 saturated carbocycles. The third-order valence-corrected chi connectivity index (χ3v) is 7.02. The van der Waals surface area contributed by atoms with Crippen LogP contribution in [0.15, 0.2) is 24.3 Å². The number of benzene rings is 1. The molecule has 0 radical (unpaired) electrons. The minimum absolute atomic E-state index is 0.0422. The predicted octanol–water partition coefficient (Wildman–Crippen LogP) is 3.42. The molecule has 0 amide bonds. The van der Waals surface area contributed by atoms with Crippen LogP contribution < -0.4 is 5.32 Å². The Hall–Kier alpha value is -1.18. The van der Waals surface area contributed by atoms with E-state index in [1.165, 1.54) is 6.42 Å². The molecule has 0 heterocycles. The summed E-state index contributed by atoms with van der Waals surface area (Å²) in [5, 5.41) is 22.3. The SMILES string of the molecule is CC(NC[C@H](O)CP(=O)(O)CC1CCCCC1)c1cccc(C#N)c1. The van der Waals surface area contributed by atoms with Crippen LogP contribution in [0.4, 0.5) is 0 Å². The topological polar surface area (TPSA) is 93.3 Å². The van der Waals surface area contributed by atoms with Gasteiger partial charge >= 0.3 is 0 Å². The van der Waals surface area contributed by atoms with Gasteiger partial charge in [-0.1, -0.05) is 31.4 Å². The zero-order valence-corrected chi connectivity index (χ0v) is 15.8. The number of nitrogens with zero attached hydrogens (tertiary/aromatic N) is 1. The maximum Gasteiger partial charge on any atom is 0.203 e. The number of rotatable bonds is 8. The molecule has 5 nitrogen and oxygen atoms in total. The predicted molar refractivity (Wildman–Crippen MR) is 99.7 cm³/mol. The molecule has 0 bridgehead atoms. The van der Waals surface area contributed by atoms with Gasteiger partial charge in [0.25, 0.3) is 0 Å². The molecule has 0 saturated heterocycles. The van der Waals surface area contributed by atoms with E-state index in [1.54, 1.807) is 6.07 Å². The molecule has 0 spiro atoms. The van der Waals surface area contributed by atoms with Gasteiger partial charge in [0.2, 0.25) is 7.37 Å². The zero-order chi connectivity index (χ0) is 18.3. The van der Waals surface area contributed by atoms with Crippen molar-refractivity contribution in [3.8, 4) is 6.07 Å². The Morgan fingerprint density at radius 1 is 1.36 bits per heavy atom. The van der Waals surface area contributed by atoms with E-state index in [1.807, 2.05) is 25.1 Å². The van der Waals surface area contributed by atoms with Gasteiger partial charge in [-0.05, 0) is 43.4 Å². The van der Waals surface area contributed by atoms with Gasteiger partial charge in [0.1, 0.15) is 0 Å².